The molecular weight excluding hydrogens is 306 g/mol. The van der Waals surface area contributed by atoms with E-state index in [1.54, 1.807) is 4.68 Å². The van der Waals surface area contributed by atoms with Gasteiger partial charge in [0.05, 0.1) is 18.3 Å². The molecule has 0 bridgehead atoms. The molecule has 0 saturated carbocycles. The summed E-state index contributed by atoms with van der Waals surface area (Å²) >= 11 is 0. The highest BCUT2D eigenvalue weighted by molar-refractivity contribution is 5.97. The van der Waals surface area contributed by atoms with Crippen LogP contribution in [0.15, 0.2) is 36.5 Å². The number of benzene rings is 1. The Kier molecular flexibility index (Phi) is 5.73. The number of carboxylic acids is 1. The average Bonchev–Trinajstić information content (AvgIpc) is 2.93. The summed E-state index contributed by atoms with van der Waals surface area (Å²) in [7, 11) is 0. The first-order chi connectivity index (χ1) is 11.4. The molecular formula is C18H23N3O3. The van der Waals surface area contributed by atoms with Crippen LogP contribution in [0.2, 0.25) is 0 Å². The maximum atomic E-state index is 12.4. The molecule has 2 atom stereocenters. The molecule has 0 aliphatic heterocycles. The number of carbonyl (C=O) groups excluding carboxylic acids is 1. The number of carboxylic acid groups (broad SMARTS) is 1. The van der Waals surface area contributed by atoms with Crippen molar-refractivity contribution in [3.05, 3.63) is 53.3 Å². The molecule has 0 aliphatic rings. The summed E-state index contributed by atoms with van der Waals surface area (Å²) in [5.41, 5.74) is 2.20. The van der Waals surface area contributed by atoms with E-state index in [4.69, 9.17) is 0 Å². The standard InChI is InChI=1S/C18H23N3O3/c1-4-12(2)16(18(23)24)20-17(22)15-10-19-21(13(15)3)11-14-8-6-5-7-9-14/h5-10,12,16H,4,11H2,1-3H3,(H,20,22)(H,23,24). The van der Waals surface area contributed by atoms with Crippen molar-refractivity contribution < 1.29 is 14.7 Å². The fraction of sp³-hybridized carbons (Fsp3) is 0.389. The largest absolute Gasteiger partial charge is 0.480 e. The van der Waals surface area contributed by atoms with Crippen LogP contribution < -0.4 is 5.32 Å². The quantitative estimate of drug-likeness (QED) is 0.817. The Balaban J connectivity index is 2.14. The zero-order chi connectivity index (χ0) is 17.7. The third-order valence-corrected chi connectivity index (χ3v) is 4.29. The van der Waals surface area contributed by atoms with Crippen LogP contribution in [-0.4, -0.2) is 32.8 Å². The van der Waals surface area contributed by atoms with E-state index in [0.717, 1.165) is 5.56 Å². The van der Waals surface area contributed by atoms with Gasteiger partial charge in [-0.1, -0.05) is 50.6 Å². The van der Waals surface area contributed by atoms with E-state index < -0.39 is 17.9 Å². The lowest BCUT2D eigenvalue weighted by molar-refractivity contribution is -0.140. The van der Waals surface area contributed by atoms with Crippen LogP contribution in [0.25, 0.3) is 0 Å². The molecule has 24 heavy (non-hydrogen) atoms. The third kappa shape index (κ3) is 4.01. The Morgan fingerprint density at radius 3 is 2.54 bits per heavy atom. The lowest BCUT2D eigenvalue weighted by Crippen LogP contribution is -2.45. The predicted molar refractivity (Wildman–Crippen MR) is 90.9 cm³/mol. The fourth-order valence-corrected chi connectivity index (χ4v) is 2.49. The van der Waals surface area contributed by atoms with Gasteiger partial charge in [0.25, 0.3) is 5.91 Å². The minimum Gasteiger partial charge on any atom is -0.480 e. The van der Waals surface area contributed by atoms with Gasteiger partial charge in [-0.05, 0) is 18.4 Å². The summed E-state index contributed by atoms with van der Waals surface area (Å²) in [6, 6.07) is 8.92. The number of carbonyl (C=O) groups is 2. The molecule has 2 N–H and O–H groups in total. The Labute approximate surface area is 141 Å². The van der Waals surface area contributed by atoms with Gasteiger partial charge in [0, 0.05) is 5.69 Å². The normalized spacial score (nSPS) is 13.3. The van der Waals surface area contributed by atoms with Crippen molar-refractivity contribution in [2.24, 2.45) is 5.92 Å². The molecule has 2 unspecified atom stereocenters. The van der Waals surface area contributed by atoms with Crippen molar-refractivity contribution in [2.45, 2.75) is 39.8 Å². The first-order valence-electron chi connectivity index (χ1n) is 8.04. The maximum Gasteiger partial charge on any atom is 0.326 e. The molecule has 0 fully saturated rings. The van der Waals surface area contributed by atoms with Crippen molar-refractivity contribution >= 4 is 11.9 Å². The second kappa shape index (κ2) is 7.77. The van der Waals surface area contributed by atoms with Crippen molar-refractivity contribution in [1.29, 1.82) is 0 Å². The van der Waals surface area contributed by atoms with Gasteiger partial charge in [-0.25, -0.2) is 4.79 Å². The highest BCUT2D eigenvalue weighted by Gasteiger charge is 2.27. The molecule has 1 aromatic heterocycles. The molecule has 6 nitrogen and oxygen atoms in total. The highest BCUT2D eigenvalue weighted by atomic mass is 16.4. The van der Waals surface area contributed by atoms with Gasteiger partial charge in [0.2, 0.25) is 0 Å². The fourth-order valence-electron chi connectivity index (χ4n) is 2.49. The van der Waals surface area contributed by atoms with Gasteiger partial charge in [-0.15, -0.1) is 0 Å². The Morgan fingerprint density at radius 1 is 1.29 bits per heavy atom. The Hall–Kier alpha value is -2.63. The summed E-state index contributed by atoms with van der Waals surface area (Å²) in [6.45, 7) is 6.08. The summed E-state index contributed by atoms with van der Waals surface area (Å²) < 4.78 is 1.74. The van der Waals surface area contributed by atoms with Crippen LogP contribution in [0, 0.1) is 12.8 Å². The number of nitrogens with one attached hydrogen (secondary N) is 1. The first-order valence-corrected chi connectivity index (χ1v) is 8.04. The SMILES string of the molecule is CCC(C)C(NC(=O)c1cnn(Cc2ccccc2)c1C)C(=O)O. The Bertz CT molecular complexity index is 710. The number of hydrogen-bond acceptors (Lipinski definition) is 3. The van der Waals surface area contributed by atoms with Gasteiger partial charge in [-0.3, -0.25) is 9.48 Å². The minimum atomic E-state index is -1.02. The number of aliphatic carboxylic acids is 1. The molecule has 0 spiro atoms. The van der Waals surface area contributed by atoms with Gasteiger partial charge in [0.15, 0.2) is 0 Å². The molecule has 1 aromatic carbocycles. The van der Waals surface area contributed by atoms with Gasteiger partial charge < -0.3 is 10.4 Å². The number of hydrogen-bond donors (Lipinski definition) is 2. The zero-order valence-corrected chi connectivity index (χ0v) is 14.2. The zero-order valence-electron chi connectivity index (χ0n) is 14.2. The first kappa shape index (κ1) is 17.7. The molecule has 2 aromatic rings. The topological polar surface area (TPSA) is 84.2 Å². The van der Waals surface area contributed by atoms with E-state index in [9.17, 15) is 14.7 Å². The number of rotatable bonds is 7. The van der Waals surface area contributed by atoms with Gasteiger partial charge >= 0.3 is 5.97 Å². The predicted octanol–water partition coefficient (Wildman–Crippen LogP) is 2.47. The lowest BCUT2D eigenvalue weighted by Gasteiger charge is -2.20. The van der Waals surface area contributed by atoms with E-state index in [1.807, 2.05) is 51.1 Å². The average molecular weight is 329 g/mol. The van der Waals surface area contributed by atoms with E-state index in [0.29, 0.717) is 24.2 Å². The molecule has 0 aliphatic carbocycles. The van der Waals surface area contributed by atoms with Gasteiger partial charge in [-0.2, -0.15) is 5.10 Å². The molecule has 0 saturated heterocycles. The molecule has 6 heteroatoms. The van der Waals surface area contributed by atoms with Crippen molar-refractivity contribution in [3.63, 3.8) is 0 Å². The molecule has 1 heterocycles. The molecule has 128 valence electrons. The van der Waals surface area contributed by atoms with Crippen LogP contribution in [0.1, 0.15) is 41.9 Å². The van der Waals surface area contributed by atoms with E-state index in [1.165, 1.54) is 6.20 Å². The summed E-state index contributed by atoms with van der Waals surface area (Å²) in [5.74, 6) is -1.57. The van der Waals surface area contributed by atoms with Crippen LogP contribution in [-0.2, 0) is 11.3 Å². The van der Waals surface area contributed by atoms with Crippen LogP contribution in [0.4, 0.5) is 0 Å². The van der Waals surface area contributed by atoms with Crippen molar-refractivity contribution in [2.75, 3.05) is 0 Å². The third-order valence-electron chi connectivity index (χ3n) is 4.29. The summed E-state index contributed by atoms with van der Waals surface area (Å²) in [4.78, 5) is 23.8. The Morgan fingerprint density at radius 2 is 1.96 bits per heavy atom. The van der Waals surface area contributed by atoms with Crippen LogP contribution >= 0.6 is 0 Å². The monoisotopic (exact) mass is 329 g/mol. The molecule has 2 rings (SSSR count). The van der Waals surface area contributed by atoms with E-state index >= 15 is 0 Å². The van der Waals surface area contributed by atoms with Gasteiger partial charge in [0.1, 0.15) is 6.04 Å². The van der Waals surface area contributed by atoms with E-state index in [-0.39, 0.29) is 5.92 Å². The number of aromatic nitrogens is 2. The second-order valence-electron chi connectivity index (χ2n) is 5.96. The van der Waals surface area contributed by atoms with Crippen molar-refractivity contribution in [3.8, 4) is 0 Å². The highest BCUT2D eigenvalue weighted by Crippen LogP contribution is 2.13. The van der Waals surface area contributed by atoms with Crippen LogP contribution in [0.3, 0.4) is 0 Å². The summed E-state index contributed by atoms with van der Waals surface area (Å²) in [5, 5.41) is 16.2. The number of amides is 1. The second-order valence-corrected chi connectivity index (χ2v) is 5.96. The molecule has 0 radical (unpaired) electrons. The smallest absolute Gasteiger partial charge is 0.326 e. The summed E-state index contributed by atoms with van der Waals surface area (Å²) in [6.07, 6.45) is 2.16. The minimum absolute atomic E-state index is 0.147. The molecule has 1 amide bonds. The number of nitrogens with zero attached hydrogens (tertiary/aromatic N) is 2. The van der Waals surface area contributed by atoms with Crippen LogP contribution in [0.5, 0.6) is 0 Å². The van der Waals surface area contributed by atoms with Crippen molar-refractivity contribution in [1.82, 2.24) is 15.1 Å². The maximum absolute atomic E-state index is 12.4. The van der Waals surface area contributed by atoms with E-state index in [2.05, 4.69) is 10.4 Å². The lowest BCUT2D eigenvalue weighted by atomic mass is 9.99.